The average Bonchev–Trinajstić information content (AvgIpc) is 3.21. The maximum Gasteiger partial charge on any atom is 0.237 e. The van der Waals surface area contributed by atoms with Crippen LogP contribution in [0.5, 0.6) is 0 Å². The summed E-state index contributed by atoms with van der Waals surface area (Å²) in [7, 11) is 0. The molecule has 0 radical (unpaired) electrons. The molecule has 5 nitrogen and oxygen atoms in total. The van der Waals surface area contributed by atoms with Crippen molar-refractivity contribution in [1.82, 2.24) is 9.38 Å². The number of pyridine rings is 1. The molecule has 0 unspecified atom stereocenters. The number of thioether (sulfide) groups is 1. The highest BCUT2D eigenvalue weighted by atomic mass is 32.2. The SMILES string of the molecule is CCc1cc(SCC(=O)N2CCCc3ccccc32)n2c(nc3ccccc32)c1C#N. The van der Waals surface area contributed by atoms with Crippen LogP contribution in [0.1, 0.15) is 30.0 Å². The van der Waals surface area contributed by atoms with E-state index in [-0.39, 0.29) is 5.91 Å². The Bertz CT molecular complexity index is 1350. The monoisotopic (exact) mass is 426 g/mol. The van der Waals surface area contributed by atoms with Crippen LogP contribution < -0.4 is 4.90 Å². The van der Waals surface area contributed by atoms with E-state index in [0.29, 0.717) is 17.0 Å². The topological polar surface area (TPSA) is 61.4 Å². The number of rotatable bonds is 4. The quantitative estimate of drug-likeness (QED) is 0.431. The van der Waals surface area contributed by atoms with Crippen molar-refractivity contribution in [3.05, 3.63) is 71.3 Å². The predicted octanol–water partition coefficient (Wildman–Crippen LogP) is 4.99. The molecular formula is C25H22N4OS. The molecule has 154 valence electrons. The van der Waals surface area contributed by atoms with E-state index in [4.69, 9.17) is 4.98 Å². The number of anilines is 1. The van der Waals surface area contributed by atoms with Gasteiger partial charge in [0.25, 0.3) is 0 Å². The van der Waals surface area contributed by atoms with Crippen LogP contribution in [0.4, 0.5) is 5.69 Å². The fourth-order valence-corrected chi connectivity index (χ4v) is 5.33. The molecule has 0 atom stereocenters. The third kappa shape index (κ3) is 3.35. The summed E-state index contributed by atoms with van der Waals surface area (Å²) in [6.45, 7) is 2.80. The Kier molecular flexibility index (Phi) is 5.13. The number of imidazole rings is 1. The number of aryl methyl sites for hydroxylation is 2. The minimum Gasteiger partial charge on any atom is -0.311 e. The first kappa shape index (κ1) is 19.7. The smallest absolute Gasteiger partial charge is 0.237 e. The van der Waals surface area contributed by atoms with Crippen molar-refractivity contribution in [1.29, 1.82) is 5.26 Å². The van der Waals surface area contributed by atoms with Crippen molar-refractivity contribution >= 4 is 40.0 Å². The van der Waals surface area contributed by atoms with Crippen LogP contribution >= 0.6 is 11.8 Å². The first-order valence-electron chi connectivity index (χ1n) is 10.6. The molecule has 2 aromatic heterocycles. The lowest BCUT2D eigenvalue weighted by Gasteiger charge is -2.29. The maximum absolute atomic E-state index is 13.2. The molecule has 5 rings (SSSR count). The Morgan fingerprint density at radius 3 is 2.84 bits per heavy atom. The van der Waals surface area contributed by atoms with Gasteiger partial charge in [0.1, 0.15) is 6.07 Å². The number of carbonyl (C=O) groups is 1. The van der Waals surface area contributed by atoms with Gasteiger partial charge in [-0.2, -0.15) is 5.26 Å². The Balaban J connectivity index is 1.53. The second-order valence-corrected chi connectivity index (χ2v) is 8.67. The van der Waals surface area contributed by atoms with Crippen LogP contribution in [0, 0.1) is 11.3 Å². The first-order chi connectivity index (χ1) is 15.2. The fourth-order valence-electron chi connectivity index (χ4n) is 4.36. The molecule has 0 fully saturated rings. The summed E-state index contributed by atoms with van der Waals surface area (Å²) < 4.78 is 2.02. The molecule has 1 aliphatic heterocycles. The summed E-state index contributed by atoms with van der Waals surface area (Å²) in [5, 5.41) is 10.7. The highest BCUT2D eigenvalue weighted by Crippen LogP contribution is 2.32. The third-order valence-electron chi connectivity index (χ3n) is 5.87. The van der Waals surface area contributed by atoms with E-state index in [2.05, 4.69) is 12.1 Å². The van der Waals surface area contributed by atoms with Crippen molar-refractivity contribution in [2.45, 2.75) is 31.2 Å². The van der Waals surface area contributed by atoms with Gasteiger partial charge in [-0.1, -0.05) is 49.0 Å². The summed E-state index contributed by atoms with van der Waals surface area (Å²) in [5.41, 5.74) is 6.32. The number of amides is 1. The van der Waals surface area contributed by atoms with Gasteiger partial charge in [0, 0.05) is 12.2 Å². The molecule has 0 saturated carbocycles. The highest BCUT2D eigenvalue weighted by molar-refractivity contribution is 7.99. The fraction of sp³-hybridized carbons (Fsp3) is 0.240. The van der Waals surface area contributed by atoms with E-state index < -0.39 is 0 Å². The van der Waals surface area contributed by atoms with Crippen molar-refractivity contribution in [3.63, 3.8) is 0 Å². The van der Waals surface area contributed by atoms with Crippen LogP contribution in [0.15, 0.2) is 59.6 Å². The number of hydrogen-bond acceptors (Lipinski definition) is 4. The lowest BCUT2D eigenvalue weighted by atomic mass is 10.0. The van der Waals surface area contributed by atoms with Crippen molar-refractivity contribution in [2.24, 2.45) is 0 Å². The molecule has 6 heteroatoms. The normalized spacial score (nSPS) is 13.4. The van der Waals surface area contributed by atoms with Crippen LogP contribution in [0.2, 0.25) is 0 Å². The third-order valence-corrected chi connectivity index (χ3v) is 6.86. The van der Waals surface area contributed by atoms with E-state index in [1.165, 1.54) is 17.3 Å². The van der Waals surface area contributed by atoms with Gasteiger partial charge < -0.3 is 4.90 Å². The van der Waals surface area contributed by atoms with Gasteiger partial charge in [0.05, 0.1) is 27.4 Å². The Hall–Kier alpha value is -3.30. The number of carbonyl (C=O) groups excluding carboxylic acids is 1. The van der Waals surface area contributed by atoms with E-state index >= 15 is 0 Å². The molecule has 0 N–H and O–H groups in total. The number of aromatic nitrogens is 2. The number of fused-ring (bicyclic) bond motifs is 4. The number of benzene rings is 2. The minimum atomic E-state index is 0.108. The second kappa shape index (κ2) is 8.09. The molecule has 31 heavy (non-hydrogen) atoms. The highest BCUT2D eigenvalue weighted by Gasteiger charge is 2.23. The van der Waals surface area contributed by atoms with Crippen LogP contribution in [-0.2, 0) is 17.6 Å². The van der Waals surface area contributed by atoms with Crippen molar-refractivity contribution < 1.29 is 4.79 Å². The number of para-hydroxylation sites is 3. The zero-order chi connectivity index (χ0) is 21.4. The van der Waals surface area contributed by atoms with Crippen LogP contribution in [-0.4, -0.2) is 27.6 Å². The first-order valence-corrected chi connectivity index (χ1v) is 11.5. The molecule has 3 heterocycles. The summed E-state index contributed by atoms with van der Waals surface area (Å²) in [6.07, 6.45) is 2.74. The van der Waals surface area contributed by atoms with Gasteiger partial charge in [-0.15, -0.1) is 0 Å². The van der Waals surface area contributed by atoms with E-state index in [9.17, 15) is 10.1 Å². The van der Waals surface area contributed by atoms with Gasteiger partial charge >= 0.3 is 0 Å². The summed E-state index contributed by atoms with van der Waals surface area (Å²) in [6, 6.07) is 20.4. The molecule has 0 saturated heterocycles. The largest absolute Gasteiger partial charge is 0.311 e. The maximum atomic E-state index is 13.2. The van der Waals surface area contributed by atoms with Gasteiger partial charge in [-0.3, -0.25) is 9.20 Å². The number of hydrogen-bond donors (Lipinski definition) is 0. The van der Waals surface area contributed by atoms with E-state index in [1.54, 1.807) is 0 Å². The molecule has 4 aromatic rings. The lowest BCUT2D eigenvalue weighted by Crippen LogP contribution is -2.36. The second-order valence-electron chi connectivity index (χ2n) is 7.67. The van der Waals surface area contributed by atoms with Gasteiger partial charge in [-0.05, 0) is 54.7 Å². The Labute approximate surface area is 185 Å². The molecular weight excluding hydrogens is 404 g/mol. The molecule has 2 aromatic carbocycles. The molecule has 0 bridgehead atoms. The van der Waals surface area contributed by atoms with Gasteiger partial charge in [-0.25, -0.2) is 4.98 Å². The minimum absolute atomic E-state index is 0.108. The lowest BCUT2D eigenvalue weighted by molar-refractivity contribution is -0.116. The van der Waals surface area contributed by atoms with Crippen molar-refractivity contribution in [3.8, 4) is 6.07 Å². The predicted molar refractivity (Wildman–Crippen MR) is 125 cm³/mol. The average molecular weight is 427 g/mol. The van der Waals surface area contributed by atoms with Gasteiger partial charge in [0.2, 0.25) is 5.91 Å². The Morgan fingerprint density at radius 2 is 2.00 bits per heavy atom. The number of nitrogens with zero attached hydrogens (tertiary/aromatic N) is 4. The number of nitriles is 1. The molecule has 0 aliphatic carbocycles. The zero-order valence-corrected chi connectivity index (χ0v) is 18.2. The van der Waals surface area contributed by atoms with Crippen LogP contribution in [0.25, 0.3) is 16.7 Å². The molecule has 1 amide bonds. The standard InChI is InChI=1S/C25H22N4OS/c1-2-17-14-24(29-22-12-6-4-10-20(22)27-25(29)19(17)15-26)31-16-23(30)28-13-7-9-18-8-3-5-11-21(18)28/h3-6,8,10-12,14H,2,7,9,13,16H2,1H3. The van der Waals surface area contributed by atoms with E-state index in [0.717, 1.165) is 53.1 Å². The molecule has 1 aliphatic rings. The Morgan fingerprint density at radius 1 is 1.19 bits per heavy atom. The zero-order valence-electron chi connectivity index (χ0n) is 17.3. The van der Waals surface area contributed by atoms with Crippen LogP contribution in [0.3, 0.4) is 0 Å². The summed E-state index contributed by atoms with van der Waals surface area (Å²) in [4.78, 5) is 19.8. The summed E-state index contributed by atoms with van der Waals surface area (Å²) in [5.74, 6) is 0.447. The summed E-state index contributed by atoms with van der Waals surface area (Å²) >= 11 is 1.52. The van der Waals surface area contributed by atoms with Gasteiger partial charge in [0.15, 0.2) is 5.65 Å². The van der Waals surface area contributed by atoms with E-state index in [1.807, 2.05) is 64.8 Å². The molecule has 0 spiro atoms. The van der Waals surface area contributed by atoms with Crippen molar-refractivity contribution in [2.75, 3.05) is 17.2 Å².